The lowest BCUT2D eigenvalue weighted by Crippen LogP contribution is -1.91. The van der Waals surface area contributed by atoms with Crippen LogP contribution in [0.1, 0.15) is 39.0 Å². The molecule has 1 aliphatic rings. The monoisotopic (exact) mass is 294 g/mol. The third kappa shape index (κ3) is 3.46. The Hall–Kier alpha value is 0.970. The first-order valence-electron chi connectivity index (χ1n) is 5.27. The van der Waals surface area contributed by atoms with Gasteiger partial charge in [-0.1, -0.05) is 68.3 Å². The van der Waals surface area contributed by atoms with E-state index in [1.165, 1.54) is 40.5 Å². The topological polar surface area (TPSA) is 0 Å². The number of hydrogen-bond acceptors (Lipinski definition) is 5. The second kappa shape index (κ2) is 6.05. The molecule has 15 heavy (non-hydrogen) atoms. The maximum atomic E-state index is 5.19. The van der Waals surface area contributed by atoms with Crippen molar-refractivity contribution in [3.05, 3.63) is 3.14 Å². The van der Waals surface area contributed by atoms with Crippen LogP contribution >= 0.6 is 58.4 Å². The first-order valence-corrected chi connectivity index (χ1v) is 9.07. The van der Waals surface area contributed by atoms with E-state index in [1.807, 2.05) is 23.5 Å². The molecule has 1 aliphatic heterocycles. The maximum absolute atomic E-state index is 5.19. The van der Waals surface area contributed by atoms with Crippen molar-refractivity contribution in [2.45, 2.75) is 52.0 Å². The van der Waals surface area contributed by atoms with Crippen LogP contribution in [0.25, 0.3) is 0 Å². The van der Waals surface area contributed by atoms with Gasteiger partial charge in [-0.15, -0.1) is 22.7 Å². The fourth-order valence-corrected chi connectivity index (χ4v) is 8.82. The van der Waals surface area contributed by atoms with Crippen LogP contribution in [0.4, 0.5) is 0 Å². The molecule has 0 aromatic carbocycles. The lowest BCUT2D eigenvalue weighted by Gasteiger charge is -2.06. The Morgan fingerprint density at radius 2 is 1.73 bits per heavy atom. The summed E-state index contributed by atoms with van der Waals surface area (Å²) in [5.41, 5.74) is 0. The van der Waals surface area contributed by atoms with Crippen LogP contribution in [0, 0.1) is 3.14 Å². The van der Waals surface area contributed by atoms with E-state index in [4.69, 9.17) is 12.2 Å². The van der Waals surface area contributed by atoms with Gasteiger partial charge >= 0.3 is 0 Å². The zero-order valence-electron chi connectivity index (χ0n) is 8.65. The van der Waals surface area contributed by atoms with E-state index in [0.717, 1.165) is 7.72 Å². The van der Waals surface area contributed by atoms with Gasteiger partial charge in [0.1, 0.15) is 3.14 Å². The van der Waals surface area contributed by atoms with Crippen LogP contribution in [0.2, 0.25) is 0 Å². The van der Waals surface area contributed by atoms with Crippen molar-refractivity contribution in [3.63, 3.8) is 0 Å². The van der Waals surface area contributed by atoms with Gasteiger partial charge in [0.25, 0.3) is 0 Å². The molecule has 0 radical (unpaired) electrons. The molecule has 0 saturated carbocycles. The van der Waals surface area contributed by atoms with Gasteiger partial charge in [-0.05, 0) is 6.42 Å². The van der Waals surface area contributed by atoms with Gasteiger partial charge in [-0.2, -0.15) is 0 Å². The Morgan fingerprint density at radius 1 is 1.07 bits per heavy atom. The lowest BCUT2D eigenvalue weighted by atomic mass is 10.2. The lowest BCUT2D eigenvalue weighted by molar-refractivity contribution is 0.653. The minimum atomic E-state index is 0.773. The van der Waals surface area contributed by atoms with Crippen molar-refractivity contribution < 1.29 is 0 Å². The summed E-state index contributed by atoms with van der Waals surface area (Å²) in [6.45, 7) is 2.27. The van der Waals surface area contributed by atoms with Crippen molar-refractivity contribution in [1.29, 1.82) is 0 Å². The zero-order valence-corrected chi connectivity index (χ0v) is 12.7. The average Bonchev–Trinajstić information content (AvgIpc) is 2.69. The molecule has 1 aromatic rings. The molecular formula is C10H14S5. The fraction of sp³-hybridized carbons (Fsp3) is 0.700. The Kier molecular flexibility index (Phi) is 5.01. The van der Waals surface area contributed by atoms with Crippen molar-refractivity contribution in [3.8, 4) is 0 Å². The first kappa shape index (κ1) is 12.4. The molecule has 0 atom stereocenters. The minimum absolute atomic E-state index is 0.773. The Balaban J connectivity index is 1.76. The molecule has 84 valence electrons. The number of rotatable bonds is 5. The number of unbranched alkanes of at least 4 members (excludes halogenated alkanes) is 3. The van der Waals surface area contributed by atoms with E-state index in [1.54, 1.807) is 22.7 Å². The smallest absolute Gasteiger partial charge is 0.105 e. The van der Waals surface area contributed by atoms with E-state index in [0.29, 0.717) is 0 Å². The molecule has 0 bridgehead atoms. The van der Waals surface area contributed by atoms with E-state index >= 15 is 0 Å². The number of thioether (sulfide) groups is 2. The van der Waals surface area contributed by atoms with E-state index in [2.05, 4.69) is 6.92 Å². The molecule has 0 nitrogen and oxygen atoms in total. The zero-order chi connectivity index (χ0) is 10.7. The highest BCUT2D eigenvalue weighted by atomic mass is 32.2. The largest absolute Gasteiger partial charge is 0.145 e. The molecule has 5 heteroatoms. The summed E-state index contributed by atoms with van der Waals surface area (Å²) in [6, 6.07) is 0. The quantitative estimate of drug-likeness (QED) is 0.480. The molecule has 0 saturated heterocycles. The van der Waals surface area contributed by atoms with Gasteiger partial charge in [-0.25, -0.2) is 0 Å². The van der Waals surface area contributed by atoms with E-state index < -0.39 is 0 Å². The SMILES string of the molecule is CCCCCCC1Sc2sc(=S)sc2S1. The molecule has 2 rings (SSSR count). The minimum Gasteiger partial charge on any atom is -0.105 e. The first-order chi connectivity index (χ1) is 7.29. The molecule has 0 amide bonds. The summed E-state index contributed by atoms with van der Waals surface area (Å²) < 4.78 is 4.82. The Morgan fingerprint density at radius 3 is 2.33 bits per heavy atom. The normalized spacial score (nSPS) is 15.8. The summed E-state index contributed by atoms with van der Waals surface area (Å²) in [5.74, 6) is 0. The number of fused-ring (bicyclic) bond motifs is 1. The Bertz CT molecular complexity index is 338. The molecular weight excluding hydrogens is 280 g/mol. The highest BCUT2D eigenvalue weighted by molar-refractivity contribution is 8.21. The maximum Gasteiger partial charge on any atom is 0.145 e. The third-order valence-corrected chi connectivity index (χ3v) is 8.41. The molecule has 0 aliphatic carbocycles. The van der Waals surface area contributed by atoms with Crippen molar-refractivity contribution in [2.24, 2.45) is 0 Å². The fourth-order valence-electron chi connectivity index (χ4n) is 1.52. The highest BCUT2D eigenvalue weighted by Crippen LogP contribution is 2.54. The van der Waals surface area contributed by atoms with Crippen molar-refractivity contribution in [2.75, 3.05) is 0 Å². The predicted molar refractivity (Wildman–Crippen MR) is 77.3 cm³/mol. The summed E-state index contributed by atoms with van der Waals surface area (Å²) in [7, 11) is 0. The number of hydrogen-bond donors (Lipinski definition) is 0. The van der Waals surface area contributed by atoms with Gasteiger partial charge in [0.2, 0.25) is 0 Å². The van der Waals surface area contributed by atoms with Gasteiger partial charge < -0.3 is 0 Å². The highest BCUT2D eigenvalue weighted by Gasteiger charge is 2.25. The van der Waals surface area contributed by atoms with E-state index in [-0.39, 0.29) is 0 Å². The van der Waals surface area contributed by atoms with Crippen LogP contribution in [0.5, 0.6) is 0 Å². The molecule has 0 unspecified atom stereocenters. The molecule has 0 fully saturated rings. The summed E-state index contributed by atoms with van der Waals surface area (Å²) >= 11 is 12.9. The molecule has 0 spiro atoms. The van der Waals surface area contributed by atoms with Crippen LogP contribution < -0.4 is 0 Å². The van der Waals surface area contributed by atoms with Crippen LogP contribution in [-0.2, 0) is 0 Å². The summed E-state index contributed by atoms with van der Waals surface area (Å²) in [4.78, 5) is 0. The van der Waals surface area contributed by atoms with Crippen LogP contribution in [0.15, 0.2) is 8.42 Å². The summed E-state index contributed by atoms with van der Waals surface area (Å²) in [5, 5.41) is 0. The standard InChI is InChI=1S/C10H14S5/c1-2-3-4-5-6-7-12-8-9(13-7)15-10(11)14-8/h7H,2-6H2,1H3. The molecule has 0 N–H and O–H groups in total. The van der Waals surface area contributed by atoms with Gasteiger partial charge in [0.15, 0.2) is 0 Å². The van der Waals surface area contributed by atoms with Crippen LogP contribution in [0.3, 0.4) is 0 Å². The predicted octanol–water partition coefficient (Wildman–Crippen LogP) is 6.03. The molecule has 1 aromatic heterocycles. The second-order valence-electron chi connectivity index (χ2n) is 3.54. The van der Waals surface area contributed by atoms with Gasteiger partial charge in [0.05, 0.1) is 13.0 Å². The molecule has 2 heterocycles. The van der Waals surface area contributed by atoms with Crippen LogP contribution in [-0.4, -0.2) is 4.58 Å². The third-order valence-electron chi connectivity index (χ3n) is 2.29. The average molecular weight is 295 g/mol. The van der Waals surface area contributed by atoms with Crippen molar-refractivity contribution >= 4 is 58.4 Å². The summed E-state index contributed by atoms with van der Waals surface area (Å²) in [6.07, 6.45) is 6.87. The Labute approximate surface area is 113 Å². The van der Waals surface area contributed by atoms with Crippen molar-refractivity contribution in [1.82, 2.24) is 0 Å². The van der Waals surface area contributed by atoms with E-state index in [9.17, 15) is 0 Å². The van der Waals surface area contributed by atoms with Gasteiger partial charge in [-0.3, -0.25) is 0 Å². The second-order valence-corrected chi connectivity index (χ2v) is 10.0. The van der Waals surface area contributed by atoms with Gasteiger partial charge in [0, 0.05) is 0 Å².